The molecule has 3 rings (SSSR count). The molecular weight excluding hydrogens is 320 g/mol. The quantitative estimate of drug-likeness (QED) is 0.819. The highest BCUT2D eigenvalue weighted by Crippen LogP contribution is 2.37. The van der Waals surface area contributed by atoms with Crippen LogP contribution in [-0.4, -0.2) is 32.4 Å². The summed E-state index contributed by atoms with van der Waals surface area (Å²) in [6, 6.07) is 9.82. The molecule has 24 heavy (non-hydrogen) atoms. The number of nitrogens with zero attached hydrogens (tertiary/aromatic N) is 2. The number of anilines is 1. The lowest BCUT2D eigenvalue weighted by molar-refractivity contribution is 0.219. The summed E-state index contributed by atoms with van der Waals surface area (Å²) >= 11 is 0. The lowest BCUT2D eigenvalue weighted by Crippen LogP contribution is -2.46. The number of benzene rings is 1. The highest BCUT2D eigenvalue weighted by atomic mass is 32.2. The molecule has 0 amide bonds. The third-order valence-corrected chi connectivity index (χ3v) is 7.32. The Morgan fingerprint density at radius 1 is 1.04 bits per heavy atom. The van der Waals surface area contributed by atoms with E-state index in [9.17, 15) is 8.42 Å². The van der Waals surface area contributed by atoms with E-state index in [-0.39, 0.29) is 10.9 Å². The van der Waals surface area contributed by atoms with Crippen molar-refractivity contribution >= 4 is 15.7 Å². The van der Waals surface area contributed by atoms with E-state index in [4.69, 9.17) is 0 Å². The van der Waals surface area contributed by atoms with E-state index in [0.29, 0.717) is 18.2 Å². The number of sulfonamides is 1. The molecule has 0 unspecified atom stereocenters. The molecule has 0 bridgehead atoms. The Labute approximate surface area is 145 Å². The first kappa shape index (κ1) is 17.2. The average Bonchev–Trinajstić information content (AvgIpc) is 2.67. The Morgan fingerprint density at radius 3 is 2.29 bits per heavy atom. The summed E-state index contributed by atoms with van der Waals surface area (Å²) in [6.07, 6.45) is 5.80. The van der Waals surface area contributed by atoms with E-state index in [2.05, 4.69) is 13.2 Å². The SMILES string of the molecule is C=C1C(=C)S(=O)(=O)N(C)[C@H](C2CCCCC2)CN1c1ccccc1. The van der Waals surface area contributed by atoms with Crippen LogP contribution in [0.2, 0.25) is 0 Å². The summed E-state index contributed by atoms with van der Waals surface area (Å²) in [7, 11) is -1.87. The van der Waals surface area contributed by atoms with Crippen molar-refractivity contribution in [2.45, 2.75) is 38.1 Å². The van der Waals surface area contributed by atoms with Crippen molar-refractivity contribution in [2.75, 3.05) is 18.5 Å². The van der Waals surface area contributed by atoms with Gasteiger partial charge in [0.1, 0.15) is 0 Å². The highest BCUT2D eigenvalue weighted by Gasteiger charge is 2.40. The maximum atomic E-state index is 12.9. The molecule has 4 nitrogen and oxygen atoms in total. The molecule has 2 aliphatic rings. The second-order valence-corrected chi connectivity index (χ2v) is 8.82. The normalized spacial score (nSPS) is 26.4. The standard InChI is InChI=1S/C19H26N2O2S/c1-15-16(2)24(22,23)20(3)19(17-10-6-4-7-11-17)14-21(15)18-12-8-5-9-13-18/h5,8-9,12-13,17,19H,1-2,4,6-7,10-11,14H2,3H3/t19-/m0/s1. The van der Waals surface area contributed by atoms with Crippen molar-refractivity contribution in [3.8, 4) is 0 Å². The second kappa shape index (κ2) is 6.73. The van der Waals surface area contributed by atoms with Gasteiger partial charge in [0.15, 0.2) is 0 Å². The Kier molecular flexibility index (Phi) is 4.83. The number of hydrogen-bond donors (Lipinski definition) is 0. The molecule has 1 aromatic carbocycles. The van der Waals surface area contributed by atoms with Crippen LogP contribution in [0.5, 0.6) is 0 Å². The Balaban J connectivity index is 2.02. The first-order valence-electron chi connectivity index (χ1n) is 8.61. The van der Waals surface area contributed by atoms with Gasteiger partial charge in [0.2, 0.25) is 10.0 Å². The van der Waals surface area contributed by atoms with Crippen molar-refractivity contribution in [1.82, 2.24) is 4.31 Å². The van der Waals surface area contributed by atoms with Crippen LogP contribution in [0.4, 0.5) is 5.69 Å². The minimum absolute atomic E-state index is 0.0495. The Hall–Kier alpha value is -1.59. The van der Waals surface area contributed by atoms with Crippen LogP contribution in [-0.2, 0) is 10.0 Å². The van der Waals surface area contributed by atoms with Crippen LogP contribution >= 0.6 is 0 Å². The number of para-hydroxylation sites is 1. The van der Waals surface area contributed by atoms with Crippen LogP contribution in [0, 0.1) is 5.92 Å². The largest absolute Gasteiger partial charge is 0.339 e. The Bertz CT molecular complexity index is 721. The van der Waals surface area contributed by atoms with E-state index >= 15 is 0 Å². The van der Waals surface area contributed by atoms with Crippen LogP contribution < -0.4 is 4.90 Å². The maximum Gasteiger partial charge on any atom is 0.244 e. The van der Waals surface area contributed by atoms with Gasteiger partial charge in [-0.1, -0.05) is 50.6 Å². The lowest BCUT2D eigenvalue weighted by Gasteiger charge is -2.36. The first-order valence-corrected chi connectivity index (χ1v) is 10.1. The van der Waals surface area contributed by atoms with Gasteiger partial charge in [-0.15, -0.1) is 0 Å². The predicted octanol–water partition coefficient (Wildman–Crippen LogP) is 3.74. The van der Waals surface area contributed by atoms with Crippen molar-refractivity contribution in [3.63, 3.8) is 0 Å². The van der Waals surface area contributed by atoms with Gasteiger partial charge in [0.05, 0.1) is 10.6 Å². The Morgan fingerprint density at radius 2 is 1.67 bits per heavy atom. The molecule has 0 aromatic heterocycles. The topological polar surface area (TPSA) is 40.6 Å². The van der Waals surface area contributed by atoms with Crippen LogP contribution in [0.1, 0.15) is 32.1 Å². The first-order chi connectivity index (χ1) is 11.4. The highest BCUT2D eigenvalue weighted by molar-refractivity contribution is 7.93. The van der Waals surface area contributed by atoms with Gasteiger partial charge in [0.25, 0.3) is 0 Å². The smallest absolute Gasteiger partial charge is 0.244 e. The molecule has 2 fully saturated rings. The fourth-order valence-electron chi connectivity index (χ4n) is 3.90. The number of hydrogen-bond acceptors (Lipinski definition) is 3. The van der Waals surface area contributed by atoms with E-state index in [1.54, 1.807) is 11.4 Å². The minimum Gasteiger partial charge on any atom is -0.339 e. The van der Waals surface area contributed by atoms with Gasteiger partial charge in [-0.3, -0.25) is 0 Å². The van der Waals surface area contributed by atoms with Crippen molar-refractivity contribution < 1.29 is 8.42 Å². The van der Waals surface area contributed by atoms with Crippen LogP contribution in [0.25, 0.3) is 0 Å². The summed E-state index contributed by atoms with van der Waals surface area (Å²) in [5.41, 5.74) is 1.45. The summed E-state index contributed by atoms with van der Waals surface area (Å²) in [5.74, 6) is 0.392. The third-order valence-electron chi connectivity index (χ3n) is 5.44. The van der Waals surface area contributed by atoms with Gasteiger partial charge in [-0.25, -0.2) is 8.42 Å². The zero-order valence-corrected chi connectivity index (χ0v) is 15.1. The number of rotatable bonds is 2. The summed E-state index contributed by atoms with van der Waals surface area (Å²) in [4.78, 5) is 2.12. The number of likely N-dealkylation sites (N-methyl/N-ethyl adjacent to an activating group) is 1. The van der Waals surface area contributed by atoms with Gasteiger partial charge >= 0.3 is 0 Å². The van der Waals surface area contributed by atoms with Crippen molar-refractivity contribution in [3.05, 3.63) is 54.1 Å². The molecule has 0 radical (unpaired) electrons. The van der Waals surface area contributed by atoms with Gasteiger partial charge in [0, 0.05) is 25.3 Å². The molecule has 5 heteroatoms. The van der Waals surface area contributed by atoms with E-state index in [0.717, 1.165) is 18.5 Å². The molecule has 0 N–H and O–H groups in total. The van der Waals surface area contributed by atoms with Gasteiger partial charge in [-0.05, 0) is 30.9 Å². The summed E-state index contributed by atoms with van der Waals surface area (Å²) in [6.45, 7) is 8.51. The molecule has 1 saturated heterocycles. The summed E-state index contributed by atoms with van der Waals surface area (Å²) in [5, 5.41) is 0. The maximum absolute atomic E-state index is 12.9. The van der Waals surface area contributed by atoms with Crippen LogP contribution in [0.3, 0.4) is 0 Å². The fraction of sp³-hybridized carbons (Fsp3) is 0.474. The average molecular weight is 346 g/mol. The van der Waals surface area contributed by atoms with Crippen molar-refractivity contribution in [2.24, 2.45) is 5.92 Å². The van der Waals surface area contributed by atoms with E-state index in [1.807, 2.05) is 35.2 Å². The van der Waals surface area contributed by atoms with Crippen molar-refractivity contribution in [1.29, 1.82) is 0 Å². The lowest BCUT2D eigenvalue weighted by atomic mass is 9.83. The molecule has 0 spiro atoms. The third kappa shape index (κ3) is 3.03. The van der Waals surface area contributed by atoms with Gasteiger partial charge in [-0.2, -0.15) is 4.31 Å². The molecule has 1 heterocycles. The zero-order chi connectivity index (χ0) is 17.3. The molecule has 1 aliphatic carbocycles. The fourth-order valence-corrected chi connectivity index (χ4v) is 5.25. The monoisotopic (exact) mass is 346 g/mol. The molecule has 1 aromatic rings. The van der Waals surface area contributed by atoms with E-state index < -0.39 is 10.0 Å². The zero-order valence-electron chi connectivity index (χ0n) is 14.3. The van der Waals surface area contributed by atoms with Crippen LogP contribution in [0.15, 0.2) is 54.1 Å². The van der Waals surface area contributed by atoms with E-state index in [1.165, 1.54) is 19.3 Å². The summed E-state index contributed by atoms with van der Waals surface area (Å²) < 4.78 is 27.4. The van der Waals surface area contributed by atoms with Gasteiger partial charge < -0.3 is 4.90 Å². The molecule has 1 atom stereocenters. The molecule has 1 saturated carbocycles. The second-order valence-electron chi connectivity index (χ2n) is 6.80. The molecular formula is C19H26N2O2S. The predicted molar refractivity (Wildman–Crippen MR) is 99.1 cm³/mol. The minimum atomic E-state index is -3.57. The molecule has 1 aliphatic heterocycles. The molecule has 130 valence electrons.